The van der Waals surface area contributed by atoms with Gasteiger partial charge in [0.2, 0.25) is 5.01 Å². The lowest BCUT2D eigenvalue weighted by molar-refractivity contribution is 0.102. The first kappa shape index (κ1) is 22.7. The molecular weight excluding hydrogens is 438 g/mol. The molecule has 1 aliphatic rings. The molecule has 1 aromatic heterocycles. The maximum Gasteiger partial charge on any atom is 0.321 e. The molecule has 3 amide bonds. The highest BCUT2D eigenvalue weighted by Crippen LogP contribution is 2.30. The molecule has 1 unspecified atom stereocenters. The van der Waals surface area contributed by atoms with Gasteiger partial charge in [-0.05, 0) is 62.6 Å². The Morgan fingerprint density at radius 2 is 1.88 bits per heavy atom. The molecule has 2 heterocycles. The molecule has 172 valence electrons. The molecule has 0 aliphatic carbocycles. The molecule has 1 saturated heterocycles. The maximum atomic E-state index is 12.9. The summed E-state index contributed by atoms with van der Waals surface area (Å²) in [6.07, 6.45) is 1.78. The van der Waals surface area contributed by atoms with Crippen LogP contribution >= 0.6 is 11.3 Å². The molecule has 9 heteroatoms. The van der Waals surface area contributed by atoms with Gasteiger partial charge in [-0.3, -0.25) is 4.79 Å². The van der Waals surface area contributed by atoms with E-state index in [9.17, 15) is 9.59 Å². The van der Waals surface area contributed by atoms with Crippen molar-refractivity contribution in [2.45, 2.75) is 32.6 Å². The zero-order chi connectivity index (χ0) is 23.4. The number of nitrogens with zero attached hydrogens (tertiary/aromatic N) is 3. The molecule has 0 saturated carbocycles. The number of aryl methyl sites for hydroxylation is 2. The minimum atomic E-state index is -0.302. The number of carbonyl (C=O) groups is 2. The third-order valence-corrected chi connectivity index (χ3v) is 6.75. The van der Waals surface area contributed by atoms with Crippen molar-refractivity contribution in [2.24, 2.45) is 0 Å². The smallest absolute Gasteiger partial charge is 0.321 e. The number of aromatic nitrogens is 2. The first-order valence-corrected chi connectivity index (χ1v) is 11.7. The molecule has 1 atom stereocenters. The number of hydrogen-bond acceptors (Lipinski definition) is 6. The van der Waals surface area contributed by atoms with Gasteiger partial charge in [-0.15, -0.1) is 10.2 Å². The topological polar surface area (TPSA) is 96.4 Å². The lowest BCUT2D eigenvalue weighted by Gasteiger charge is -2.31. The van der Waals surface area contributed by atoms with Crippen molar-refractivity contribution in [3.05, 3.63) is 63.6 Å². The van der Waals surface area contributed by atoms with Crippen molar-refractivity contribution in [3.8, 4) is 5.75 Å². The Labute approximate surface area is 197 Å². The summed E-state index contributed by atoms with van der Waals surface area (Å²) in [6.45, 7) is 5.26. The number of likely N-dealkylation sites (tertiary alicyclic amines) is 1. The highest BCUT2D eigenvalue weighted by atomic mass is 32.1. The number of piperidine rings is 1. The third kappa shape index (κ3) is 5.48. The number of amides is 3. The van der Waals surface area contributed by atoms with Gasteiger partial charge in [0.1, 0.15) is 10.8 Å². The standard InChI is InChI=1S/C24H27N5O3S/c1-15-6-11-20(16(2)13-15)26-24(31)29-12-4-5-17(14-29)22-27-28-23(33-22)21(30)25-18-7-9-19(32-3)10-8-18/h6-11,13,17H,4-5,12,14H2,1-3H3,(H,25,30)(H,26,31). The summed E-state index contributed by atoms with van der Waals surface area (Å²) >= 11 is 1.28. The van der Waals surface area contributed by atoms with Crippen LogP contribution in [0, 0.1) is 13.8 Å². The first-order chi connectivity index (χ1) is 15.9. The highest BCUT2D eigenvalue weighted by molar-refractivity contribution is 7.13. The van der Waals surface area contributed by atoms with Crippen molar-refractivity contribution in [1.82, 2.24) is 15.1 Å². The Morgan fingerprint density at radius 3 is 2.61 bits per heavy atom. The Kier molecular flexibility index (Phi) is 6.88. The van der Waals surface area contributed by atoms with Crippen molar-refractivity contribution in [3.63, 3.8) is 0 Å². The number of hydrogen-bond donors (Lipinski definition) is 2. The predicted octanol–water partition coefficient (Wildman–Crippen LogP) is 4.83. The lowest BCUT2D eigenvalue weighted by atomic mass is 9.99. The summed E-state index contributed by atoms with van der Waals surface area (Å²) < 4.78 is 5.13. The number of anilines is 2. The van der Waals surface area contributed by atoms with E-state index in [0.717, 1.165) is 40.4 Å². The zero-order valence-electron chi connectivity index (χ0n) is 18.9. The Hall–Kier alpha value is -3.46. The van der Waals surface area contributed by atoms with Gasteiger partial charge in [-0.2, -0.15) is 0 Å². The van der Waals surface area contributed by atoms with Gasteiger partial charge in [0, 0.05) is 30.4 Å². The van der Waals surface area contributed by atoms with Crippen LogP contribution in [0.4, 0.5) is 16.2 Å². The number of carbonyl (C=O) groups excluding carboxylic acids is 2. The van der Waals surface area contributed by atoms with E-state index in [1.165, 1.54) is 11.3 Å². The molecule has 0 radical (unpaired) electrons. The van der Waals surface area contributed by atoms with Crippen LogP contribution in [0.2, 0.25) is 0 Å². The largest absolute Gasteiger partial charge is 0.497 e. The molecule has 0 spiro atoms. The number of nitrogens with one attached hydrogen (secondary N) is 2. The van der Waals surface area contributed by atoms with Crippen molar-refractivity contribution >= 4 is 34.6 Å². The van der Waals surface area contributed by atoms with E-state index in [0.29, 0.717) is 23.8 Å². The summed E-state index contributed by atoms with van der Waals surface area (Å²) in [5, 5.41) is 15.3. The lowest BCUT2D eigenvalue weighted by Crippen LogP contribution is -2.41. The molecule has 2 aromatic carbocycles. The SMILES string of the molecule is COc1ccc(NC(=O)c2nnc(C3CCCN(C(=O)Nc4ccc(C)cc4C)C3)s2)cc1. The number of rotatable bonds is 5. The molecule has 0 bridgehead atoms. The fourth-order valence-corrected chi connectivity index (χ4v) is 4.73. The summed E-state index contributed by atoms with van der Waals surface area (Å²) in [5.74, 6) is 0.474. The Balaban J connectivity index is 1.38. The van der Waals surface area contributed by atoms with Gasteiger partial charge in [0.25, 0.3) is 5.91 Å². The van der Waals surface area contributed by atoms with E-state index < -0.39 is 0 Å². The Bertz CT molecular complexity index is 1150. The van der Waals surface area contributed by atoms with Gasteiger partial charge in [-0.25, -0.2) is 4.79 Å². The number of methoxy groups -OCH3 is 1. The van der Waals surface area contributed by atoms with Crippen LogP contribution in [0.5, 0.6) is 5.75 Å². The van der Waals surface area contributed by atoms with Crippen LogP contribution in [0.3, 0.4) is 0 Å². The minimum absolute atomic E-state index is 0.0589. The van der Waals surface area contributed by atoms with Crippen molar-refractivity contribution in [2.75, 3.05) is 30.8 Å². The monoisotopic (exact) mass is 465 g/mol. The fourth-order valence-electron chi connectivity index (χ4n) is 3.86. The second kappa shape index (κ2) is 9.99. The quantitative estimate of drug-likeness (QED) is 0.563. The van der Waals surface area contributed by atoms with Crippen LogP contribution in [0.15, 0.2) is 42.5 Å². The molecule has 33 heavy (non-hydrogen) atoms. The van der Waals surface area contributed by atoms with E-state index >= 15 is 0 Å². The highest BCUT2D eigenvalue weighted by Gasteiger charge is 2.28. The maximum absolute atomic E-state index is 12.9. The van der Waals surface area contributed by atoms with Crippen LogP contribution < -0.4 is 15.4 Å². The molecule has 8 nitrogen and oxygen atoms in total. The van der Waals surface area contributed by atoms with Crippen LogP contribution in [-0.2, 0) is 0 Å². The molecule has 4 rings (SSSR count). The summed E-state index contributed by atoms with van der Waals surface area (Å²) in [4.78, 5) is 27.3. The normalized spacial score (nSPS) is 15.7. The third-order valence-electron chi connectivity index (χ3n) is 5.66. The van der Waals surface area contributed by atoms with E-state index in [2.05, 4.69) is 20.8 Å². The second-order valence-corrected chi connectivity index (χ2v) is 9.17. The number of benzene rings is 2. The molecule has 1 fully saturated rings. The van der Waals surface area contributed by atoms with Crippen molar-refractivity contribution in [1.29, 1.82) is 0 Å². The second-order valence-electron chi connectivity index (χ2n) is 8.16. The molecular formula is C24H27N5O3S. The van der Waals surface area contributed by atoms with Gasteiger partial charge >= 0.3 is 6.03 Å². The predicted molar refractivity (Wildman–Crippen MR) is 129 cm³/mol. The fraction of sp³-hybridized carbons (Fsp3) is 0.333. The number of ether oxygens (including phenoxy) is 1. The van der Waals surface area contributed by atoms with Crippen LogP contribution in [-0.4, -0.2) is 47.2 Å². The van der Waals surface area contributed by atoms with E-state index in [1.807, 2.05) is 36.9 Å². The van der Waals surface area contributed by atoms with Gasteiger partial charge in [0.05, 0.1) is 7.11 Å². The molecule has 2 N–H and O–H groups in total. The Morgan fingerprint density at radius 1 is 1.09 bits per heavy atom. The van der Waals surface area contributed by atoms with Gasteiger partial charge in [-0.1, -0.05) is 29.0 Å². The molecule has 1 aliphatic heterocycles. The van der Waals surface area contributed by atoms with E-state index in [1.54, 1.807) is 31.4 Å². The summed E-state index contributed by atoms with van der Waals surface area (Å²) in [6, 6.07) is 13.0. The average Bonchev–Trinajstić information content (AvgIpc) is 3.32. The van der Waals surface area contributed by atoms with Crippen molar-refractivity contribution < 1.29 is 14.3 Å². The van der Waals surface area contributed by atoms with E-state index in [-0.39, 0.29) is 17.9 Å². The van der Waals surface area contributed by atoms with Crippen LogP contribution in [0.1, 0.15) is 44.7 Å². The van der Waals surface area contributed by atoms with Crippen LogP contribution in [0.25, 0.3) is 0 Å². The summed E-state index contributed by atoms with van der Waals surface area (Å²) in [5.41, 5.74) is 3.67. The summed E-state index contributed by atoms with van der Waals surface area (Å²) in [7, 11) is 1.59. The first-order valence-electron chi connectivity index (χ1n) is 10.8. The van der Waals surface area contributed by atoms with E-state index in [4.69, 9.17) is 4.74 Å². The van der Waals surface area contributed by atoms with Gasteiger partial charge in [0.15, 0.2) is 0 Å². The molecule has 3 aromatic rings. The van der Waals surface area contributed by atoms with Gasteiger partial charge < -0.3 is 20.3 Å². The minimum Gasteiger partial charge on any atom is -0.497 e. The number of urea groups is 1. The zero-order valence-corrected chi connectivity index (χ0v) is 19.7. The average molecular weight is 466 g/mol.